The van der Waals surface area contributed by atoms with E-state index in [4.69, 9.17) is 4.74 Å². The van der Waals surface area contributed by atoms with Crippen LogP contribution in [-0.2, 0) is 22.6 Å². The van der Waals surface area contributed by atoms with Gasteiger partial charge in [-0.2, -0.15) is 0 Å². The number of aliphatic hydroxyl groups excluding tert-OH is 1. The Bertz CT molecular complexity index is 1270. The molecule has 33 heavy (non-hydrogen) atoms. The Hall–Kier alpha value is -3.93. The number of aliphatic hydroxyl groups is 1. The first-order valence-electron chi connectivity index (χ1n) is 10.8. The quantitative estimate of drug-likeness (QED) is 0.358. The summed E-state index contributed by atoms with van der Waals surface area (Å²) < 4.78 is 19.4. The molecule has 0 aliphatic carbocycles. The Kier molecular flexibility index (Phi) is 5.21. The summed E-state index contributed by atoms with van der Waals surface area (Å²) in [5.74, 6) is -1.39. The van der Waals surface area contributed by atoms with Gasteiger partial charge >= 0.3 is 0 Å². The summed E-state index contributed by atoms with van der Waals surface area (Å²) >= 11 is 0. The molecule has 3 aromatic carbocycles. The molecule has 6 heteroatoms. The predicted octanol–water partition coefficient (Wildman–Crippen LogP) is 4.77. The molecule has 1 amide bonds. The van der Waals surface area contributed by atoms with Gasteiger partial charge in [0.25, 0.3) is 11.7 Å². The van der Waals surface area contributed by atoms with Gasteiger partial charge in [0, 0.05) is 18.5 Å². The largest absolute Gasteiger partial charge is 0.507 e. The number of hydrogen-bond donors (Lipinski definition) is 1. The van der Waals surface area contributed by atoms with Crippen molar-refractivity contribution >= 4 is 17.4 Å². The molecule has 0 bridgehead atoms. The fraction of sp³-hybridized carbons (Fsp3) is 0.185. The van der Waals surface area contributed by atoms with Crippen LogP contribution >= 0.6 is 0 Å². The van der Waals surface area contributed by atoms with E-state index in [-0.39, 0.29) is 24.0 Å². The minimum Gasteiger partial charge on any atom is -0.507 e. The molecule has 1 fully saturated rings. The summed E-state index contributed by atoms with van der Waals surface area (Å²) in [7, 11) is 0. The zero-order chi connectivity index (χ0) is 23.1. The molecule has 1 N–H and O–H groups in total. The number of amides is 1. The molecule has 1 saturated heterocycles. The predicted molar refractivity (Wildman–Crippen MR) is 121 cm³/mol. The van der Waals surface area contributed by atoms with Crippen LogP contribution in [0.5, 0.6) is 5.75 Å². The first-order valence-corrected chi connectivity index (χ1v) is 10.8. The number of nitrogens with zero attached hydrogens (tertiary/aromatic N) is 1. The fourth-order valence-electron chi connectivity index (χ4n) is 4.54. The molecule has 5 nitrogen and oxygen atoms in total. The van der Waals surface area contributed by atoms with E-state index in [0.29, 0.717) is 17.5 Å². The minimum absolute atomic E-state index is 0.00514. The van der Waals surface area contributed by atoms with Gasteiger partial charge in [-0.15, -0.1) is 0 Å². The van der Waals surface area contributed by atoms with Crippen LogP contribution in [0.25, 0.3) is 5.76 Å². The number of hydrogen-bond acceptors (Lipinski definition) is 4. The Morgan fingerprint density at radius 3 is 2.52 bits per heavy atom. The molecular weight excluding hydrogens is 421 g/mol. The molecule has 5 rings (SSSR count). The van der Waals surface area contributed by atoms with Crippen LogP contribution in [0.3, 0.4) is 0 Å². The summed E-state index contributed by atoms with van der Waals surface area (Å²) in [6, 6.07) is 19.3. The molecule has 2 aliphatic heterocycles. The van der Waals surface area contributed by atoms with Crippen molar-refractivity contribution in [2.45, 2.75) is 32.0 Å². The zero-order valence-electron chi connectivity index (χ0n) is 18.0. The van der Waals surface area contributed by atoms with Crippen LogP contribution in [0.1, 0.15) is 35.2 Å². The van der Waals surface area contributed by atoms with Gasteiger partial charge in [-0.05, 0) is 53.9 Å². The number of rotatable bonds is 4. The van der Waals surface area contributed by atoms with Crippen molar-refractivity contribution < 1.29 is 23.8 Å². The molecule has 0 radical (unpaired) electrons. The van der Waals surface area contributed by atoms with Gasteiger partial charge in [-0.1, -0.05) is 42.5 Å². The summed E-state index contributed by atoms with van der Waals surface area (Å²) in [6.07, 6.45) is 0.730. The maximum Gasteiger partial charge on any atom is 0.295 e. The zero-order valence-corrected chi connectivity index (χ0v) is 18.0. The minimum atomic E-state index is -0.839. The molecule has 0 unspecified atom stereocenters. The van der Waals surface area contributed by atoms with E-state index >= 15 is 0 Å². The van der Waals surface area contributed by atoms with Gasteiger partial charge < -0.3 is 14.7 Å². The van der Waals surface area contributed by atoms with Gasteiger partial charge in [-0.3, -0.25) is 9.59 Å². The lowest BCUT2D eigenvalue weighted by Gasteiger charge is -2.25. The number of Topliss-reactive ketones (excluding diaryl/α,β-unsaturated/α-hetero) is 1. The number of carbonyl (C=O) groups is 2. The average molecular weight is 443 g/mol. The summed E-state index contributed by atoms with van der Waals surface area (Å²) in [6.45, 7) is 2.14. The molecule has 0 spiro atoms. The maximum atomic E-state index is 13.6. The van der Waals surface area contributed by atoms with Crippen LogP contribution < -0.4 is 4.74 Å². The van der Waals surface area contributed by atoms with Crippen molar-refractivity contribution in [3.63, 3.8) is 0 Å². The highest BCUT2D eigenvalue weighted by Crippen LogP contribution is 2.41. The highest BCUT2D eigenvalue weighted by Gasteiger charge is 2.46. The van der Waals surface area contributed by atoms with E-state index in [2.05, 4.69) is 0 Å². The number of benzene rings is 3. The van der Waals surface area contributed by atoms with E-state index in [1.165, 1.54) is 29.2 Å². The van der Waals surface area contributed by atoms with Crippen LogP contribution in [0.2, 0.25) is 0 Å². The lowest BCUT2D eigenvalue weighted by molar-refractivity contribution is -0.140. The second kappa shape index (κ2) is 8.20. The Morgan fingerprint density at radius 2 is 1.79 bits per heavy atom. The smallest absolute Gasteiger partial charge is 0.295 e. The summed E-state index contributed by atoms with van der Waals surface area (Å²) in [5.41, 5.74) is 2.76. The second-order valence-electron chi connectivity index (χ2n) is 8.42. The highest BCUT2D eigenvalue weighted by atomic mass is 19.1. The average Bonchev–Trinajstić information content (AvgIpc) is 3.31. The van der Waals surface area contributed by atoms with Crippen molar-refractivity contribution in [3.05, 3.63) is 106 Å². The first-order chi connectivity index (χ1) is 15.9. The van der Waals surface area contributed by atoms with Crippen LogP contribution in [0.4, 0.5) is 4.39 Å². The van der Waals surface area contributed by atoms with Crippen molar-refractivity contribution in [1.29, 1.82) is 0 Å². The van der Waals surface area contributed by atoms with E-state index in [9.17, 15) is 19.1 Å². The fourth-order valence-corrected chi connectivity index (χ4v) is 4.54. The lowest BCUT2D eigenvalue weighted by Crippen LogP contribution is -2.29. The molecule has 166 valence electrons. The molecule has 2 atom stereocenters. The molecule has 3 aromatic rings. The van der Waals surface area contributed by atoms with Gasteiger partial charge in [0.15, 0.2) is 0 Å². The molecule has 0 aromatic heterocycles. The van der Waals surface area contributed by atoms with E-state index < -0.39 is 23.5 Å². The number of carbonyl (C=O) groups excluding carboxylic acids is 2. The highest BCUT2D eigenvalue weighted by molar-refractivity contribution is 6.46. The van der Waals surface area contributed by atoms with Crippen molar-refractivity contribution in [2.24, 2.45) is 0 Å². The Balaban J connectivity index is 1.62. The van der Waals surface area contributed by atoms with E-state index in [1.54, 1.807) is 18.2 Å². The Labute approximate surface area is 190 Å². The topological polar surface area (TPSA) is 66.8 Å². The van der Waals surface area contributed by atoms with Crippen molar-refractivity contribution in [3.8, 4) is 5.75 Å². The van der Waals surface area contributed by atoms with E-state index in [1.807, 2.05) is 37.3 Å². The monoisotopic (exact) mass is 443 g/mol. The van der Waals surface area contributed by atoms with Crippen LogP contribution in [0.15, 0.2) is 78.4 Å². The third-order valence-corrected chi connectivity index (χ3v) is 6.09. The van der Waals surface area contributed by atoms with Crippen LogP contribution in [-0.4, -0.2) is 27.8 Å². The summed E-state index contributed by atoms with van der Waals surface area (Å²) in [4.78, 5) is 27.6. The van der Waals surface area contributed by atoms with Crippen molar-refractivity contribution in [1.82, 2.24) is 4.90 Å². The van der Waals surface area contributed by atoms with Crippen molar-refractivity contribution in [2.75, 3.05) is 0 Å². The SMILES string of the molecule is C[C@@H]1Cc2cc(C(O)=C3C(=O)C(=O)N(Cc4ccccc4)[C@@H]3c3ccc(F)cc3)ccc2O1. The number of ketones is 1. The van der Waals surface area contributed by atoms with Gasteiger partial charge in [0.2, 0.25) is 0 Å². The third-order valence-electron chi connectivity index (χ3n) is 6.09. The first kappa shape index (κ1) is 20.9. The number of likely N-dealkylation sites (tertiary alicyclic amines) is 1. The standard InChI is InChI=1S/C27H22FNO4/c1-16-13-20-14-19(9-12-22(20)33-16)25(30)23-24(18-7-10-21(28)11-8-18)29(27(32)26(23)31)15-17-5-3-2-4-6-17/h2-12,14,16,24,30H,13,15H2,1H3/t16-,24-/m1/s1. The summed E-state index contributed by atoms with van der Waals surface area (Å²) in [5, 5.41) is 11.2. The van der Waals surface area contributed by atoms with Crippen LogP contribution in [0, 0.1) is 5.82 Å². The molecule has 0 saturated carbocycles. The Morgan fingerprint density at radius 1 is 1.06 bits per heavy atom. The number of ether oxygens (including phenoxy) is 1. The molecule has 2 aliphatic rings. The van der Waals surface area contributed by atoms with Gasteiger partial charge in [0.05, 0.1) is 11.6 Å². The lowest BCUT2D eigenvalue weighted by atomic mass is 9.94. The molecule has 2 heterocycles. The van der Waals surface area contributed by atoms with E-state index in [0.717, 1.165) is 16.9 Å². The normalized spacial score (nSPS) is 21.2. The van der Waals surface area contributed by atoms with Gasteiger partial charge in [0.1, 0.15) is 23.4 Å². The van der Waals surface area contributed by atoms with Gasteiger partial charge in [-0.25, -0.2) is 4.39 Å². The third kappa shape index (κ3) is 3.78. The maximum absolute atomic E-state index is 13.6. The number of fused-ring (bicyclic) bond motifs is 1. The molecular formula is C27H22FNO4. The second-order valence-corrected chi connectivity index (χ2v) is 8.42. The number of halogens is 1.